The van der Waals surface area contributed by atoms with Gasteiger partial charge in [0.05, 0.1) is 12.6 Å². The Hall–Kier alpha value is -0.720. The van der Waals surface area contributed by atoms with Crippen LogP contribution in [0.1, 0.15) is 84.0 Å². The zero-order valence-corrected chi connectivity index (χ0v) is 21.3. The predicted octanol–water partition coefficient (Wildman–Crippen LogP) is -1.36. The summed E-state index contributed by atoms with van der Waals surface area (Å²) in [7, 11) is -4.75. The van der Waals surface area contributed by atoms with Crippen LogP contribution in [-0.4, -0.2) is 49.6 Å². The van der Waals surface area contributed by atoms with Gasteiger partial charge in [-0.1, -0.05) is 71.1 Å². The quantitative estimate of drug-likeness (QED) is 0.121. The van der Waals surface area contributed by atoms with E-state index in [4.69, 9.17) is 9.29 Å². The normalized spacial score (nSPS) is 18.6. The van der Waals surface area contributed by atoms with Gasteiger partial charge < -0.3 is 15.2 Å². The van der Waals surface area contributed by atoms with Crippen molar-refractivity contribution >= 4 is 28.2 Å². The van der Waals surface area contributed by atoms with Crippen LogP contribution in [0.25, 0.3) is 0 Å². The van der Waals surface area contributed by atoms with E-state index in [1.165, 1.54) is 44.9 Å². The molecule has 2 N–H and O–H groups in total. The maximum atomic E-state index is 11.9. The fourth-order valence-electron chi connectivity index (χ4n) is 3.03. The molecule has 0 saturated heterocycles. The number of esters is 1. The molecule has 31 heavy (non-hydrogen) atoms. The average Bonchev–Trinajstić information content (AvgIpc) is 2.67. The van der Waals surface area contributed by atoms with Crippen LogP contribution in [0.4, 0.5) is 0 Å². The summed E-state index contributed by atoms with van der Waals surface area (Å²) in [6, 6.07) is -1.37. The van der Waals surface area contributed by atoms with Gasteiger partial charge in [-0.05, 0) is 12.3 Å². The minimum Gasteiger partial charge on any atom is -0.860 e. The fourth-order valence-corrected chi connectivity index (χ4v) is 3.34. The fraction of sp³-hybridized carbons (Fsp3) is 0.842. The zero-order chi connectivity index (χ0) is 22.4. The Bertz CT molecular complexity index is 672. The van der Waals surface area contributed by atoms with Crippen molar-refractivity contribution in [2.24, 2.45) is 4.99 Å². The summed E-state index contributed by atoms with van der Waals surface area (Å²) in [5.74, 6) is -2.40. The summed E-state index contributed by atoms with van der Waals surface area (Å²) in [6.45, 7) is 1.40. The van der Waals surface area contributed by atoms with Crippen LogP contribution < -0.4 is 40.0 Å². The molecule has 0 aromatic carbocycles. The summed E-state index contributed by atoms with van der Waals surface area (Å²) in [5, 5.41) is 13.9. The van der Waals surface area contributed by atoms with Gasteiger partial charge in [0.25, 0.3) is 12.1 Å². The van der Waals surface area contributed by atoms with Gasteiger partial charge in [0.1, 0.15) is 0 Å². The van der Waals surface area contributed by atoms with Gasteiger partial charge in [-0.3, -0.25) is 19.1 Å². The van der Waals surface area contributed by atoms with Crippen LogP contribution in [0.2, 0.25) is 0 Å². The molecule has 1 aliphatic heterocycles. The van der Waals surface area contributed by atoms with E-state index in [-0.39, 0.29) is 36.0 Å². The molecule has 0 saturated carbocycles. The van der Waals surface area contributed by atoms with Crippen LogP contribution in [0, 0.1) is 0 Å². The molecule has 0 unspecified atom stereocenters. The molecule has 0 aromatic heterocycles. The Morgan fingerprint density at radius 2 is 1.58 bits per heavy atom. The Morgan fingerprint density at radius 1 is 1.06 bits per heavy atom. The number of carbonyl (C=O) groups is 2. The van der Waals surface area contributed by atoms with E-state index in [1.54, 1.807) is 0 Å². The van der Waals surface area contributed by atoms with Crippen molar-refractivity contribution in [2.75, 3.05) is 6.61 Å². The molecule has 1 heterocycles. The molecule has 0 aliphatic carbocycles. The van der Waals surface area contributed by atoms with Crippen LogP contribution in [0.3, 0.4) is 0 Å². The van der Waals surface area contributed by atoms with Gasteiger partial charge in [-0.2, -0.15) is 8.42 Å². The van der Waals surface area contributed by atoms with Gasteiger partial charge in [-0.15, -0.1) is 0 Å². The number of hydrogen-bond acceptors (Lipinski definition) is 8. The SMILES string of the molecule is CCCCCCCCCCCCCC(=O)O[C@@H]1N=C([O-])[C@H](COS(=O)(=O)O)NC1=O.[Na+]. The smallest absolute Gasteiger partial charge is 0.860 e. The van der Waals surface area contributed by atoms with Gasteiger partial charge in [0.15, 0.2) is 0 Å². The third-order valence-corrected chi connectivity index (χ3v) is 5.13. The standard InChI is InChI=1S/C19H34N2O8S.Na/c1-2-3-4-5-6-7-8-9-10-11-12-13-16(22)29-19-18(24)20-15(17(23)21-19)14-28-30(25,26)27;/h15,19H,2-14H2,1H3,(H,20,24)(H,21,23)(H,25,26,27);/q;+1/p-1/t15-,19-;/m0./s1. The van der Waals surface area contributed by atoms with Crippen LogP contribution in [0.5, 0.6) is 0 Å². The average molecular weight is 473 g/mol. The van der Waals surface area contributed by atoms with Crippen molar-refractivity contribution in [3.8, 4) is 0 Å². The van der Waals surface area contributed by atoms with Crippen molar-refractivity contribution in [3.05, 3.63) is 0 Å². The van der Waals surface area contributed by atoms with Crippen molar-refractivity contribution in [2.45, 2.75) is 96.2 Å². The van der Waals surface area contributed by atoms with E-state index in [0.717, 1.165) is 19.3 Å². The summed E-state index contributed by atoms with van der Waals surface area (Å²) >= 11 is 0. The first-order chi connectivity index (χ1) is 14.2. The molecule has 0 fully saturated rings. The van der Waals surface area contributed by atoms with E-state index in [0.29, 0.717) is 6.42 Å². The largest absolute Gasteiger partial charge is 1.00 e. The first kappa shape index (κ1) is 30.3. The molecule has 174 valence electrons. The topological polar surface area (TPSA) is 154 Å². The number of amides is 1. The maximum absolute atomic E-state index is 11.9. The van der Waals surface area contributed by atoms with Gasteiger partial charge in [0, 0.05) is 6.42 Å². The molecule has 10 nitrogen and oxygen atoms in total. The predicted molar refractivity (Wildman–Crippen MR) is 108 cm³/mol. The zero-order valence-electron chi connectivity index (χ0n) is 18.5. The second-order valence-electron chi connectivity index (χ2n) is 7.37. The monoisotopic (exact) mass is 472 g/mol. The molecular weight excluding hydrogens is 439 g/mol. The minimum absolute atomic E-state index is 0. The Labute approximate surface area is 206 Å². The number of ether oxygens (including phenoxy) is 1. The third kappa shape index (κ3) is 14.9. The molecule has 1 aliphatic rings. The van der Waals surface area contributed by atoms with E-state index in [2.05, 4.69) is 21.4 Å². The second-order valence-corrected chi connectivity index (χ2v) is 8.46. The molecular formula is C19H33N2NaO8S. The summed E-state index contributed by atoms with van der Waals surface area (Å²) < 4.78 is 38.5. The molecule has 0 spiro atoms. The summed E-state index contributed by atoms with van der Waals surface area (Å²) in [6.07, 6.45) is 11.1. The molecule has 2 atom stereocenters. The Balaban J connectivity index is 0.00000900. The number of unbranched alkanes of at least 4 members (excludes halogenated alkanes) is 10. The number of rotatable bonds is 16. The molecule has 12 heteroatoms. The van der Waals surface area contributed by atoms with Crippen molar-refractivity contribution in [1.29, 1.82) is 0 Å². The molecule has 0 radical (unpaired) electrons. The number of hydrogen-bond donors (Lipinski definition) is 2. The van der Waals surface area contributed by atoms with Crippen molar-refractivity contribution in [3.63, 3.8) is 0 Å². The van der Waals surface area contributed by atoms with Crippen molar-refractivity contribution < 1.29 is 66.1 Å². The molecule has 0 aromatic rings. The molecule has 1 rings (SSSR count). The molecule has 1 amide bonds. The van der Waals surface area contributed by atoms with Crippen molar-refractivity contribution in [1.82, 2.24) is 5.32 Å². The number of aliphatic imine (C=N–C) groups is 1. The Morgan fingerprint density at radius 3 is 2.10 bits per heavy atom. The van der Waals surface area contributed by atoms with E-state index < -0.39 is 47.0 Å². The van der Waals surface area contributed by atoms with Crippen LogP contribution in [0.15, 0.2) is 4.99 Å². The first-order valence-corrected chi connectivity index (χ1v) is 12.0. The maximum Gasteiger partial charge on any atom is 1.00 e. The Kier molecular flexibility index (Phi) is 16.5. The summed E-state index contributed by atoms with van der Waals surface area (Å²) in [5.41, 5.74) is 0. The van der Waals surface area contributed by atoms with E-state index >= 15 is 0 Å². The number of nitrogens with zero attached hydrogens (tertiary/aromatic N) is 1. The first-order valence-electron chi connectivity index (χ1n) is 10.6. The van der Waals surface area contributed by atoms with E-state index in [9.17, 15) is 23.1 Å². The van der Waals surface area contributed by atoms with Gasteiger partial charge in [0.2, 0.25) is 0 Å². The minimum atomic E-state index is -4.75. The van der Waals surface area contributed by atoms with Crippen LogP contribution in [-0.2, 0) is 28.9 Å². The van der Waals surface area contributed by atoms with E-state index in [1.807, 2.05) is 0 Å². The van der Waals surface area contributed by atoms with Crippen LogP contribution >= 0.6 is 0 Å². The summed E-state index contributed by atoms with van der Waals surface area (Å²) in [4.78, 5) is 27.2. The second kappa shape index (κ2) is 16.8. The number of carbonyl (C=O) groups excluding carboxylic acids is 2. The van der Waals surface area contributed by atoms with Gasteiger partial charge in [-0.25, -0.2) is 4.18 Å². The molecule has 0 bridgehead atoms. The number of nitrogens with one attached hydrogen (secondary N) is 1. The van der Waals surface area contributed by atoms with Gasteiger partial charge >= 0.3 is 45.9 Å². The third-order valence-electron chi connectivity index (χ3n) is 4.69.